The molecule has 3 nitrogen and oxygen atoms in total. The van der Waals surface area contributed by atoms with Gasteiger partial charge in [0.2, 0.25) is 0 Å². The van der Waals surface area contributed by atoms with Crippen LogP contribution in [-0.4, -0.2) is 12.0 Å². The van der Waals surface area contributed by atoms with Gasteiger partial charge in [0, 0.05) is 12.2 Å². The van der Waals surface area contributed by atoms with Gasteiger partial charge in [0.25, 0.3) is 0 Å². The smallest absolute Gasteiger partial charge is 0.142 e. The van der Waals surface area contributed by atoms with Crippen molar-refractivity contribution in [2.45, 2.75) is 12.1 Å². The number of halogens is 3. The lowest BCUT2D eigenvalue weighted by molar-refractivity contribution is 0.487. The Balaban J connectivity index is 2.30. The first-order valence-corrected chi connectivity index (χ1v) is 6.77. The molecule has 1 aromatic carbocycles. The van der Waals surface area contributed by atoms with Crippen molar-refractivity contribution in [1.29, 1.82) is 0 Å². The van der Waals surface area contributed by atoms with Gasteiger partial charge in [-0.3, -0.25) is 0 Å². The fourth-order valence-electron chi connectivity index (χ4n) is 2.04. The minimum Gasteiger partial charge on any atom is -0.322 e. The van der Waals surface area contributed by atoms with E-state index in [0.29, 0.717) is 10.7 Å². The molecule has 3 N–H and O–H groups in total. The molecule has 0 aliphatic rings. The third-order valence-corrected chi connectivity index (χ3v) is 3.64. The van der Waals surface area contributed by atoms with Crippen LogP contribution in [0.2, 0.25) is 10.2 Å². The van der Waals surface area contributed by atoms with E-state index in [2.05, 4.69) is 10.3 Å². The minimum atomic E-state index is -0.483. The van der Waals surface area contributed by atoms with Crippen LogP contribution in [0.5, 0.6) is 0 Å². The van der Waals surface area contributed by atoms with Gasteiger partial charge in [0.05, 0.1) is 11.1 Å². The molecule has 106 valence electrons. The zero-order valence-corrected chi connectivity index (χ0v) is 12.3. The van der Waals surface area contributed by atoms with Crippen LogP contribution in [0.3, 0.4) is 0 Å². The van der Waals surface area contributed by atoms with Crippen LogP contribution in [0.25, 0.3) is 0 Å². The molecule has 0 aliphatic carbocycles. The number of benzene rings is 1. The average molecular weight is 314 g/mol. The predicted octanol–water partition coefficient (Wildman–Crippen LogP) is 3.49. The van der Waals surface area contributed by atoms with Crippen molar-refractivity contribution >= 4 is 23.2 Å². The molecule has 1 aromatic heterocycles. The molecular formula is C14H14Cl2FN3. The number of nitrogens with two attached hydrogens (primary N) is 1. The van der Waals surface area contributed by atoms with E-state index in [9.17, 15) is 4.39 Å². The molecule has 0 spiro atoms. The molecule has 0 bridgehead atoms. The largest absolute Gasteiger partial charge is 0.322 e. The Kier molecular flexibility index (Phi) is 4.94. The Morgan fingerprint density at radius 1 is 1.20 bits per heavy atom. The van der Waals surface area contributed by atoms with Crippen molar-refractivity contribution in [3.05, 3.63) is 63.6 Å². The van der Waals surface area contributed by atoms with E-state index >= 15 is 0 Å². The first-order chi connectivity index (χ1) is 9.52. The van der Waals surface area contributed by atoms with Crippen molar-refractivity contribution in [1.82, 2.24) is 10.3 Å². The van der Waals surface area contributed by atoms with E-state index in [0.717, 1.165) is 5.56 Å². The molecule has 0 fully saturated rings. The zero-order chi connectivity index (χ0) is 14.7. The van der Waals surface area contributed by atoms with Crippen molar-refractivity contribution in [2.75, 3.05) is 7.05 Å². The Morgan fingerprint density at radius 2 is 1.90 bits per heavy atom. The van der Waals surface area contributed by atoms with Gasteiger partial charge in [-0.2, -0.15) is 0 Å². The lowest BCUT2D eigenvalue weighted by Gasteiger charge is -2.24. The van der Waals surface area contributed by atoms with Crippen LogP contribution >= 0.6 is 23.2 Å². The second-order valence-electron chi connectivity index (χ2n) is 4.38. The Labute approximate surface area is 126 Å². The van der Waals surface area contributed by atoms with Crippen LogP contribution in [0.15, 0.2) is 36.5 Å². The molecule has 20 heavy (non-hydrogen) atoms. The third kappa shape index (κ3) is 3.27. The summed E-state index contributed by atoms with van der Waals surface area (Å²) in [6.07, 6.45) is 1.65. The quantitative estimate of drug-likeness (QED) is 0.850. The highest BCUT2D eigenvalue weighted by Gasteiger charge is 2.21. The predicted molar refractivity (Wildman–Crippen MR) is 79.4 cm³/mol. The summed E-state index contributed by atoms with van der Waals surface area (Å²) in [5.74, 6) is -0.483. The Hall–Kier alpha value is -1.20. The number of rotatable bonds is 4. The highest BCUT2D eigenvalue weighted by Crippen LogP contribution is 2.28. The lowest BCUT2D eigenvalue weighted by Crippen LogP contribution is -2.29. The normalized spacial score (nSPS) is 14.1. The summed E-state index contributed by atoms with van der Waals surface area (Å²) in [5.41, 5.74) is 7.73. The average Bonchev–Trinajstić information content (AvgIpc) is 2.44. The molecule has 1 unspecified atom stereocenters. The maximum atomic E-state index is 13.5. The summed E-state index contributed by atoms with van der Waals surface area (Å²) in [6, 6.07) is 7.44. The van der Waals surface area contributed by atoms with Gasteiger partial charge >= 0.3 is 0 Å². The van der Waals surface area contributed by atoms with Crippen molar-refractivity contribution in [2.24, 2.45) is 5.73 Å². The fourth-order valence-corrected chi connectivity index (χ4v) is 2.27. The van der Waals surface area contributed by atoms with Crippen molar-refractivity contribution in [3.8, 4) is 0 Å². The fraction of sp³-hybridized carbons (Fsp3) is 0.214. The van der Waals surface area contributed by atoms with Crippen LogP contribution in [0.1, 0.15) is 23.2 Å². The van der Waals surface area contributed by atoms with E-state index in [4.69, 9.17) is 28.9 Å². The maximum absolute atomic E-state index is 13.5. The molecule has 0 amide bonds. The van der Waals surface area contributed by atoms with E-state index in [1.165, 1.54) is 12.1 Å². The molecule has 0 saturated heterocycles. The summed E-state index contributed by atoms with van der Waals surface area (Å²) in [4.78, 5) is 4.03. The van der Waals surface area contributed by atoms with Gasteiger partial charge in [0.1, 0.15) is 11.0 Å². The van der Waals surface area contributed by atoms with Crippen molar-refractivity contribution in [3.63, 3.8) is 0 Å². The van der Waals surface area contributed by atoms with E-state index in [-0.39, 0.29) is 11.1 Å². The Bertz CT molecular complexity index is 589. The number of aromatic nitrogens is 1. The highest BCUT2D eigenvalue weighted by atomic mass is 35.5. The van der Waals surface area contributed by atoms with E-state index < -0.39 is 11.9 Å². The summed E-state index contributed by atoms with van der Waals surface area (Å²) in [5, 5.41) is 3.60. The monoisotopic (exact) mass is 313 g/mol. The van der Waals surface area contributed by atoms with Gasteiger partial charge in [-0.25, -0.2) is 9.37 Å². The van der Waals surface area contributed by atoms with Crippen molar-refractivity contribution < 1.29 is 4.39 Å². The van der Waals surface area contributed by atoms with Gasteiger partial charge in [-0.15, -0.1) is 0 Å². The molecule has 0 saturated carbocycles. The molecular weight excluding hydrogens is 300 g/mol. The molecule has 0 radical (unpaired) electrons. The summed E-state index contributed by atoms with van der Waals surface area (Å²) >= 11 is 11.4. The van der Waals surface area contributed by atoms with Crippen LogP contribution in [-0.2, 0) is 0 Å². The summed E-state index contributed by atoms with van der Waals surface area (Å²) < 4.78 is 13.5. The maximum Gasteiger partial charge on any atom is 0.142 e. The van der Waals surface area contributed by atoms with E-state index in [1.807, 2.05) is 6.07 Å². The van der Waals surface area contributed by atoms with Gasteiger partial charge in [-0.1, -0.05) is 35.3 Å². The second-order valence-corrected chi connectivity index (χ2v) is 5.17. The number of nitrogens with zero attached hydrogens (tertiary/aromatic N) is 1. The highest BCUT2D eigenvalue weighted by molar-refractivity contribution is 6.30. The molecule has 2 atom stereocenters. The minimum absolute atomic E-state index is 0.0788. The van der Waals surface area contributed by atoms with Gasteiger partial charge < -0.3 is 11.1 Å². The first-order valence-electron chi connectivity index (χ1n) is 6.02. The number of hydrogen-bond donors (Lipinski definition) is 2. The molecule has 0 aliphatic heterocycles. The van der Waals surface area contributed by atoms with Crippen LogP contribution in [0.4, 0.5) is 4.39 Å². The van der Waals surface area contributed by atoms with Crippen LogP contribution in [0, 0.1) is 5.82 Å². The van der Waals surface area contributed by atoms with Crippen LogP contribution < -0.4 is 11.1 Å². The summed E-state index contributed by atoms with van der Waals surface area (Å²) in [6.45, 7) is 0. The molecule has 2 rings (SSSR count). The topological polar surface area (TPSA) is 50.9 Å². The molecule has 2 aromatic rings. The molecule has 6 heteroatoms. The second kappa shape index (κ2) is 6.50. The van der Waals surface area contributed by atoms with Gasteiger partial charge in [-0.05, 0) is 36.4 Å². The van der Waals surface area contributed by atoms with E-state index in [1.54, 1.807) is 25.4 Å². The number of likely N-dealkylation sites (N-methyl/N-ethyl adjacent to an activating group) is 1. The standard InChI is InChI=1S/C14H14Cl2FN3/c1-19-14(9-3-5-12(16)20-7-9)13(18)8-2-4-10(15)11(17)6-8/h2-7,13-14,19H,18H2,1H3/t13?,14-/m0/s1. The SMILES string of the molecule is CN[C@@H](c1ccc(Cl)nc1)C(N)c1ccc(Cl)c(F)c1. The number of nitrogens with one attached hydrogen (secondary N) is 1. The first kappa shape index (κ1) is 15.2. The summed E-state index contributed by atoms with van der Waals surface area (Å²) in [7, 11) is 1.78. The lowest BCUT2D eigenvalue weighted by atomic mass is 9.95. The third-order valence-electron chi connectivity index (χ3n) is 3.11. The number of hydrogen-bond acceptors (Lipinski definition) is 3. The van der Waals surface area contributed by atoms with Gasteiger partial charge in [0.15, 0.2) is 0 Å². The Morgan fingerprint density at radius 3 is 2.45 bits per heavy atom. The zero-order valence-electron chi connectivity index (χ0n) is 10.8. The molecule has 1 heterocycles. The number of pyridine rings is 1.